The molecule has 142 valence electrons. The van der Waals surface area contributed by atoms with E-state index in [0.29, 0.717) is 13.2 Å². The molecule has 4 aromatic rings. The number of aromatic nitrogens is 3. The molecule has 0 saturated carbocycles. The Balaban J connectivity index is 1.94. The number of aryl methyl sites for hydroxylation is 2. The molecule has 5 heteroatoms. The third-order valence-corrected chi connectivity index (χ3v) is 4.82. The van der Waals surface area contributed by atoms with E-state index in [1.807, 2.05) is 0 Å². The summed E-state index contributed by atoms with van der Waals surface area (Å²) in [6, 6.07) is 17.0. The largest absolute Gasteiger partial charge is 0.383 e. The summed E-state index contributed by atoms with van der Waals surface area (Å²) in [5.74, 6) is 0.823. The van der Waals surface area contributed by atoms with Gasteiger partial charge in [0.15, 0.2) is 5.65 Å². The van der Waals surface area contributed by atoms with E-state index in [4.69, 9.17) is 4.74 Å². The lowest BCUT2D eigenvalue weighted by Crippen LogP contribution is -2.09. The summed E-state index contributed by atoms with van der Waals surface area (Å²) in [7, 11) is 1.70. The van der Waals surface area contributed by atoms with E-state index in [1.54, 1.807) is 13.4 Å². The van der Waals surface area contributed by atoms with Crippen LogP contribution in [0.2, 0.25) is 0 Å². The van der Waals surface area contributed by atoms with Crippen molar-refractivity contribution in [2.75, 3.05) is 25.6 Å². The van der Waals surface area contributed by atoms with Crippen molar-refractivity contribution in [2.45, 2.75) is 13.8 Å². The second-order valence-corrected chi connectivity index (χ2v) is 6.96. The van der Waals surface area contributed by atoms with Crippen LogP contribution in [0.25, 0.3) is 27.8 Å². The van der Waals surface area contributed by atoms with Gasteiger partial charge in [-0.2, -0.15) is 0 Å². The van der Waals surface area contributed by atoms with E-state index in [-0.39, 0.29) is 0 Å². The average molecular weight is 372 g/mol. The van der Waals surface area contributed by atoms with Crippen molar-refractivity contribution < 1.29 is 4.74 Å². The number of ether oxygens (including phenoxy) is 1. The third-order valence-electron chi connectivity index (χ3n) is 4.82. The van der Waals surface area contributed by atoms with Crippen LogP contribution in [0.15, 0.2) is 61.1 Å². The highest BCUT2D eigenvalue weighted by Crippen LogP contribution is 2.35. The summed E-state index contributed by atoms with van der Waals surface area (Å²) < 4.78 is 7.32. The molecule has 0 unspecified atom stereocenters. The lowest BCUT2D eigenvalue weighted by Gasteiger charge is -2.08. The summed E-state index contributed by atoms with van der Waals surface area (Å²) in [5.41, 5.74) is 6.68. The molecule has 0 radical (unpaired) electrons. The van der Waals surface area contributed by atoms with Crippen molar-refractivity contribution in [1.29, 1.82) is 0 Å². The first-order valence-corrected chi connectivity index (χ1v) is 9.40. The van der Waals surface area contributed by atoms with Crippen molar-refractivity contribution in [2.24, 2.45) is 0 Å². The molecule has 0 fully saturated rings. The normalized spacial score (nSPS) is 11.1. The molecular weight excluding hydrogens is 348 g/mol. The van der Waals surface area contributed by atoms with Crippen LogP contribution in [-0.2, 0) is 4.74 Å². The molecule has 5 nitrogen and oxygen atoms in total. The van der Waals surface area contributed by atoms with E-state index in [2.05, 4.69) is 88.4 Å². The average Bonchev–Trinajstić information content (AvgIpc) is 3.09. The van der Waals surface area contributed by atoms with Crippen LogP contribution in [0, 0.1) is 13.8 Å². The fourth-order valence-electron chi connectivity index (χ4n) is 3.39. The molecule has 0 atom stereocenters. The molecule has 0 bridgehead atoms. The summed E-state index contributed by atoms with van der Waals surface area (Å²) in [6.07, 6.45) is 3.77. The maximum absolute atomic E-state index is 5.18. The minimum absolute atomic E-state index is 0.615. The van der Waals surface area contributed by atoms with Crippen molar-refractivity contribution in [1.82, 2.24) is 14.5 Å². The van der Waals surface area contributed by atoms with E-state index in [1.165, 1.54) is 11.1 Å². The highest BCUT2D eigenvalue weighted by molar-refractivity contribution is 6.02. The van der Waals surface area contributed by atoms with Gasteiger partial charge in [-0.25, -0.2) is 9.97 Å². The smallest absolute Gasteiger partial charge is 0.150 e. The second-order valence-electron chi connectivity index (χ2n) is 6.96. The first kappa shape index (κ1) is 18.2. The fourth-order valence-corrected chi connectivity index (χ4v) is 3.39. The Morgan fingerprint density at radius 2 is 1.82 bits per heavy atom. The Morgan fingerprint density at radius 1 is 1.00 bits per heavy atom. The molecule has 0 amide bonds. The number of hydrogen-bond acceptors (Lipinski definition) is 4. The van der Waals surface area contributed by atoms with Gasteiger partial charge in [0.1, 0.15) is 12.1 Å². The quantitative estimate of drug-likeness (QED) is 0.496. The van der Waals surface area contributed by atoms with Crippen LogP contribution in [0.4, 0.5) is 5.82 Å². The predicted octanol–water partition coefficient (Wildman–Crippen LogP) is 4.76. The molecule has 2 heterocycles. The SMILES string of the molecule is COCCNc1ncnc2c1c(-c1ccc(C)cc1)cn2-c1cccc(C)c1. The zero-order valence-electron chi connectivity index (χ0n) is 16.4. The van der Waals surface area contributed by atoms with Crippen molar-refractivity contribution in [3.8, 4) is 16.8 Å². The fraction of sp³-hybridized carbons (Fsp3) is 0.217. The number of anilines is 1. The molecule has 0 aliphatic rings. The highest BCUT2D eigenvalue weighted by atomic mass is 16.5. The van der Waals surface area contributed by atoms with Gasteiger partial charge < -0.3 is 14.6 Å². The number of fused-ring (bicyclic) bond motifs is 1. The number of nitrogens with zero attached hydrogens (tertiary/aromatic N) is 3. The molecule has 0 aliphatic heterocycles. The van der Waals surface area contributed by atoms with Crippen LogP contribution in [0.1, 0.15) is 11.1 Å². The van der Waals surface area contributed by atoms with Crippen molar-refractivity contribution >= 4 is 16.9 Å². The molecule has 0 aliphatic carbocycles. The highest BCUT2D eigenvalue weighted by Gasteiger charge is 2.17. The van der Waals surface area contributed by atoms with Crippen LogP contribution in [-0.4, -0.2) is 34.8 Å². The van der Waals surface area contributed by atoms with Gasteiger partial charge in [-0.05, 0) is 37.1 Å². The van der Waals surface area contributed by atoms with Gasteiger partial charge in [-0.1, -0.05) is 42.0 Å². The minimum Gasteiger partial charge on any atom is -0.383 e. The Morgan fingerprint density at radius 3 is 2.57 bits per heavy atom. The number of benzene rings is 2. The molecule has 2 aromatic heterocycles. The van der Waals surface area contributed by atoms with Gasteiger partial charge in [-0.15, -0.1) is 0 Å². The van der Waals surface area contributed by atoms with Gasteiger partial charge in [0.05, 0.1) is 12.0 Å². The zero-order chi connectivity index (χ0) is 19.5. The number of hydrogen-bond donors (Lipinski definition) is 1. The van der Waals surface area contributed by atoms with Gasteiger partial charge in [0.2, 0.25) is 0 Å². The maximum Gasteiger partial charge on any atom is 0.150 e. The number of nitrogens with one attached hydrogen (secondary N) is 1. The molecule has 28 heavy (non-hydrogen) atoms. The Labute approximate surface area is 165 Å². The first-order chi connectivity index (χ1) is 13.7. The molecular formula is C23H24N4O. The van der Waals surface area contributed by atoms with Crippen LogP contribution in [0.3, 0.4) is 0 Å². The van der Waals surface area contributed by atoms with Crippen molar-refractivity contribution in [3.05, 3.63) is 72.2 Å². The van der Waals surface area contributed by atoms with Gasteiger partial charge in [0, 0.05) is 31.1 Å². The Hall–Kier alpha value is -3.18. The second kappa shape index (κ2) is 7.82. The molecule has 1 N–H and O–H groups in total. The zero-order valence-corrected chi connectivity index (χ0v) is 16.4. The molecule has 0 saturated heterocycles. The molecule has 0 spiro atoms. The Kier molecular flexibility index (Phi) is 5.08. The third kappa shape index (κ3) is 3.49. The summed E-state index contributed by atoms with van der Waals surface area (Å²) in [5, 5.41) is 4.41. The van der Waals surface area contributed by atoms with E-state index in [0.717, 1.165) is 33.7 Å². The lowest BCUT2D eigenvalue weighted by molar-refractivity contribution is 0.210. The first-order valence-electron chi connectivity index (χ1n) is 9.40. The van der Waals surface area contributed by atoms with Gasteiger partial charge >= 0.3 is 0 Å². The monoisotopic (exact) mass is 372 g/mol. The van der Waals surface area contributed by atoms with Crippen LogP contribution >= 0.6 is 0 Å². The standard InChI is InChI=1S/C23H24N4O/c1-16-7-9-18(10-8-16)20-14-27(19-6-4-5-17(2)13-19)23-21(20)22(25-15-26-23)24-11-12-28-3/h4-10,13-15H,11-12H2,1-3H3,(H,24,25,26). The van der Waals surface area contributed by atoms with Crippen LogP contribution < -0.4 is 5.32 Å². The summed E-state index contributed by atoms with van der Waals surface area (Å²) in [6.45, 7) is 5.50. The Bertz CT molecular complexity index is 1100. The topological polar surface area (TPSA) is 52.0 Å². The van der Waals surface area contributed by atoms with E-state index >= 15 is 0 Å². The molecule has 4 rings (SSSR count). The van der Waals surface area contributed by atoms with Crippen LogP contribution in [0.5, 0.6) is 0 Å². The summed E-state index contributed by atoms with van der Waals surface area (Å²) in [4.78, 5) is 9.14. The summed E-state index contributed by atoms with van der Waals surface area (Å²) >= 11 is 0. The van der Waals surface area contributed by atoms with E-state index < -0.39 is 0 Å². The van der Waals surface area contributed by atoms with E-state index in [9.17, 15) is 0 Å². The maximum atomic E-state index is 5.18. The van der Waals surface area contributed by atoms with Crippen molar-refractivity contribution in [3.63, 3.8) is 0 Å². The molecule has 2 aromatic carbocycles. The van der Waals surface area contributed by atoms with Gasteiger partial charge in [-0.3, -0.25) is 0 Å². The lowest BCUT2D eigenvalue weighted by atomic mass is 10.0. The minimum atomic E-state index is 0.615. The number of rotatable bonds is 6. The number of methoxy groups -OCH3 is 1. The van der Waals surface area contributed by atoms with Gasteiger partial charge in [0.25, 0.3) is 0 Å². The predicted molar refractivity (Wildman–Crippen MR) is 114 cm³/mol.